The minimum absolute atomic E-state index is 0.548. The molecule has 0 N–H and O–H groups in total. The third-order valence-corrected chi connectivity index (χ3v) is 5.75. The summed E-state index contributed by atoms with van der Waals surface area (Å²) in [7, 11) is 2.11. The Kier molecular flexibility index (Phi) is 5.94. The quantitative estimate of drug-likeness (QED) is 0.517. The minimum atomic E-state index is 0.548. The van der Waals surface area contributed by atoms with E-state index in [0.717, 1.165) is 44.7 Å². The standard InChI is InChI=1S/C24H26ClN3/c1-27(21-10-13-26-24(25)18-21)14-5-15-28-16-11-20(12-17-28)23-9-4-7-19-6-2-3-8-22(19)23/h2-4,6-11,13,18H,5,12,14-17H2,1H3. The summed E-state index contributed by atoms with van der Waals surface area (Å²) in [4.78, 5) is 8.84. The Hall–Kier alpha value is -2.36. The summed E-state index contributed by atoms with van der Waals surface area (Å²) < 4.78 is 0. The van der Waals surface area contributed by atoms with Gasteiger partial charge in [-0.2, -0.15) is 0 Å². The SMILES string of the molecule is CN(CCCN1CC=C(c2cccc3ccccc23)CC1)c1ccnc(Cl)c1. The average molecular weight is 392 g/mol. The predicted molar refractivity (Wildman–Crippen MR) is 120 cm³/mol. The summed E-state index contributed by atoms with van der Waals surface area (Å²) in [5.41, 5.74) is 4.00. The lowest BCUT2D eigenvalue weighted by Crippen LogP contribution is -2.31. The normalized spacial score (nSPS) is 14.9. The van der Waals surface area contributed by atoms with Crippen molar-refractivity contribution in [2.45, 2.75) is 12.8 Å². The Morgan fingerprint density at radius 1 is 1.11 bits per heavy atom. The van der Waals surface area contributed by atoms with Gasteiger partial charge >= 0.3 is 0 Å². The molecule has 4 heteroatoms. The third-order valence-electron chi connectivity index (χ3n) is 5.55. The summed E-state index contributed by atoms with van der Waals surface area (Å²) in [6.07, 6.45) is 6.42. The van der Waals surface area contributed by atoms with Gasteiger partial charge in [0.05, 0.1) is 0 Å². The molecule has 2 heterocycles. The highest BCUT2D eigenvalue weighted by Gasteiger charge is 2.14. The Morgan fingerprint density at radius 2 is 1.96 bits per heavy atom. The molecule has 0 aliphatic carbocycles. The van der Waals surface area contributed by atoms with Gasteiger partial charge in [-0.1, -0.05) is 60.1 Å². The molecule has 144 valence electrons. The zero-order valence-electron chi connectivity index (χ0n) is 16.3. The number of hydrogen-bond acceptors (Lipinski definition) is 3. The summed E-state index contributed by atoms with van der Waals surface area (Å²) in [6.45, 7) is 4.28. The molecule has 3 aromatic rings. The van der Waals surface area contributed by atoms with Crippen molar-refractivity contribution in [3.63, 3.8) is 0 Å². The van der Waals surface area contributed by atoms with Crippen LogP contribution in [0.3, 0.4) is 0 Å². The lowest BCUT2D eigenvalue weighted by Gasteiger charge is -2.28. The van der Waals surface area contributed by atoms with Crippen molar-refractivity contribution in [3.05, 3.63) is 77.6 Å². The first kappa shape index (κ1) is 19.0. The molecule has 0 bridgehead atoms. The van der Waals surface area contributed by atoms with Crippen molar-refractivity contribution in [2.24, 2.45) is 0 Å². The minimum Gasteiger partial charge on any atom is -0.374 e. The Morgan fingerprint density at radius 3 is 2.79 bits per heavy atom. The maximum atomic E-state index is 5.99. The van der Waals surface area contributed by atoms with Gasteiger partial charge in [0.15, 0.2) is 0 Å². The van der Waals surface area contributed by atoms with Crippen molar-refractivity contribution in [1.29, 1.82) is 0 Å². The summed E-state index contributed by atoms with van der Waals surface area (Å²) in [5, 5.41) is 3.23. The van der Waals surface area contributed by atoms with Crippen LogP contribution in [-0.2, 0) is 0 Å². The fourth-order valence-corrected chi connectivity index (χ4v) is 4.12. The van der Waals surface area contributed by atoms with Crippen LogP contribution < -0.4 is 4.90 Å². The molecule has 1 aliphatic heterocycles. The molecule has 0 atom stereocenters. The first-order valence-electron chi connectivity index (χ1n) is 9.93. The fourth-order valence-electron chi connectivity index (χ4n) is 3.95. The molecule has 1 aliphatic rings. The Bertz CT molecular complexity index is 977. The van der Waals surface area contributed by atoms with E-state index >= 15 is 0 Å². The molecule has 3 nitrogen and oxygen atoms in total. The highest BCUT2D eigenvalue weighted by atomic mass is 35.5. The molecule has 0 saturated heterocycles. The van der Waals surface area contributed by atoms with Gasteiger partial charge in [0.25, 0.3) is 0 Å². The van der Waals surface area contributed by atoms with E-state index in [4.69, 9.17) is 11.6 Å². The number of pyridine rings is 1. The van der Waals surface area contributed by atoms with E-state index in [2.05, 4.69) is 70.4 Å². The largest absolute Gasteiger partial charge is 0.374 e. The summed E-state index contributed by atoms with van der Waals surface area (Å²) in [6, 6.07) is 19.2. The van der Waals surface area contributed by atoms with Gasteiger partial charge in [0.1, 0.15) is 5.15 Å². The second kappa shape index (κ2) is 8.76. The van der Waals surface area contributed by atoms with Gasteiger partial charge in [0, 0.05) is 45.1 Å². The van der Waals surface area contributed by atoms with E-state index in [9.17, 15) is 0 Å². The second-order valence-electron chi connectivity index (χ2n) is 7.42. The van der Waals surface area contributed by atoms with E-state index in [1.54, 1.807) is 6.20 Å². The molecule has 0 radical (unpaired) electrons. The highest BCUT2D eigenvalue weighted by Crippen LogP contribution is 2.29. The maximum absolute atomic E-state index is 5.99. The first-order valence-corrected chi connectivity index (χ1v) is 10.3. The van der Waals surface area contributed by atoms with Gasteiger partial charge in [0.2, 0.25) is 0 Å². The maximum Gasteiger partial charge on any atom is 0.131 e. The number of aromatic nitrogens is 1. The zero-order valence-corrected chi connectivity index (χ0v) is 17.1. The van der Waals surface area contributed by atoms with E-state index < -0.39 is 0 Å². The molecule has 28 heavy (non-hydrogen) atoms. The number of fused-ring (bicyclic) bond motifs is 1. The van der Waals surface area contributed by atoms with Crippen LogP contribution in [-0.4, -0.2) is 43.1 Å². The van der Waals surface area contributed by atoms with Gasteiger partial charge in [-0.3, -0.25) is 4.90 Å². The van der Waals surface area contributed by atoms with Gasteiger partial charge in [-0.25, -0.2) is 4.98 Å². The van der Waals surface area contributed by atoms with Crippen molar-refractivity contribution in [3.8, 4) is 0 Å². The number of benzene rings is 2. The van der Waals surface area contributed by atoms with Crippen LogP contribution >= 0.6 is 11.6 Å². The molecule has 0 fully saturated rings. The van der Waals surface area contributed by atoms with Crippen molar-refractivity contribution in [1.82, 2.24) is 9.88 Å². The van der Waals surface area contributed by atoms with Crippen LogP contribution in [0, 0.1) is 0 Å². The summed E-state index contributed by atoms with van der Waals surface area (Å²) in [5.74, 6) is 0. The second-order valence-corrected chi connectivity index (χ2v) is 7.81. The molecule has 1 aromatic heterocycles. The van der Waals surface area contributed by atoms with Gasteiger partial charge in [-0.05, 0) is 46.9 Å². The molecule has 0 unspecified atom stereocenters. The smallest absolute Gasteiger partial charge is 0.131 e. The first-order chi connectivity index (χ1) is 13.7. The van der Waals surface area contributed by atoms with Crippen LogP contribution in [0.15, 0.2) is 66.9 Å². The van der Waals surface area contributed by atoms with Crippen LogP contribution in [0.2, 0.25) is 5.15 Å². The van der Waals surface area contributed by atoms with Crippen LogP contribution in [0.4, 0.5) is 5.69 Å². The molecular formula is C24H26ClN3. The number of rotatable bonds is 6. The lowest BCUT2D eigenvalue weighted by atomic mass is 9.94. The van der Waals surface area contributed by atoms with Gasteiger partial charge in [-0.15, -0.1) is 0 Å². The molecule has 2 aromatic carbocycles. The molecular weight excluding hydrogens is 366 g/mol. The summed E-state index contributed by atoms with van der Waals surface area (Å²) >= 11 is 5.99. The van der Waals surface area contributed by atoms with E-state index in [1.165, 1.54) is 21.9 Å². The Balaban J connectivity index is 1.33. The number of hydrogen-bond donors (Lipinski definition) is 0. The van der Waals surface area contributed by atoms with E-state index in [-0.39, 0.29) is 0 Å². The molecule has 0 saturated carbocycles. The van der Waals surface area contributed by atoms with E-state index in [1.807, 2.05) is 12.1 Å². The van der Waals surface area contributed by atoms with Gasteiger partial charge < -0.3 is 4.90 Å². The molecule has 4 rings (SSSR count). The van der Waals surface area contributed by atoms with Crippen LogP contribution in [0.1, 0.15) is 18.4 Å². The number of nitrogens with zero attached hydrogens (tertiary/aromatic N) is 3. The fraction of sp³-hybridized carbons (Fsp3) is 0.292. The topological polar surface area (TPSA) is 19.4 Å². The van der Waals surface area contributed by atoms with E-state index in [0.29, 0.717) is 5.15 Å². The zero-order chi connectivity index (χ0) is 19.3. The van der Waals surface area contributed by atoms with Crippen molar-refractivity contribution < 1.29 is 0 Å². The molecule has 0 amide bonds. The third kappa shape index (κ3) is 4.37. The monoisotopic (exact) mass is 391 g/mol. The molecule has 0 spiro atoms. The van der Waals surface area contributed by atoms with Crippen molar-refractivity contribution in [2.75, 3.05) is 38.1 Å². The Labute approximate surface area is 172 Å². The van der Waals surface area contributed by atoms with Crippen LogP contribution in [0.5, 0.6) is 0 Å². The van der Waals surface area contributed by atoms with Crippen molar-refractivity contribution >= 4 is 33.6 Å². The number of anilines is 1. The lowest BCUT2D eigenvalue weighted by molar-refractivity contribution is 0.299. The average Bonchev–Trinajstić information content (AvgIpc) is 2.74. The number of halogens is 1. The highest BCUT2D eigenvalue weighted by molar-refractivity contribution is 6.29. The predicted octanol–water partition coefficient (Wildman–Crippen LogP) is 5.50. The van der Waals surface area contributed by atoms with Crippen LogP contribution in [0.25, 0.3) is 16.3 Å².